The van der Waals surface area contributed by atoms with Crippen LogP contribution in [-0.2, 0) is 6.54 Å². The van der Waals surface area contributed by atoms with Crippen LogP contribution in [0.5, 0.6) is 0 Å². The lowest BCUT2D eigenvalue weighted by Gasteiger charge is -2.15. The number of aromatic nitrogens is 2. The molecule has 0 spiro atoms. The van der Waals surface area contributed by atoms with Crippen molar-refractivity contribution >= 4 is 0 Å². The zero-order chi connectivity index (χ0) is 13.7. The van der Waals surface area contributed by atoms with Crippen LogP contribution in [0.4, 0.5) is 0 Å². The molecule has 2 heterocycles. The van der Waals surface area contributed by atoms with E-state index in [1.807, 2.05) is 25.3 Å². The number of furan rings is 1. The Morgan fingerprint density at radius 2 is 2.21 bits per heavy atom. The number of nitrogens with one attached hydrogen (secondary N) is 2. The third kappa shape index (κ3) is 3.47. The maximum absolute atomic E-state index is 5.65. The molecule has 0 aliphatic rings. The van der Waals surface area contributed by atoms with Crippen molar-refractivity contribution in [2.75, 3.05) is 0 Å². The van der Waals surface area contributed by atoms with Gasteiger partial charge in [0, 0.05) is 18.2 Å². The molecule has 19 heavy (non-hydrogen) atoms. The van der Waals surface area contributed by atoms with Gasteiger partial charge < -0.3 is 9.73 Å². The highest BCUT2D eigenvalue weighted by molar-refractivity contribution is 5.56. The smallest absolute Gasteiger partial charge is 0.152 e. The van der Waals surface area contributed by atoms with E-state index in [1.165, 1.54) is 12.8 Å². The fraction of sp³-hybridized carbons (Fsp3) is 0.533. The monoisotopic (exact) mass is 261 g/mol. The molecule has 2 aromatic rings. The Morgan fingerprint density at radius 3 is 2.84 bits per heavy atom. The summed E-state index contributed by atoms with van der Waals surface area (Å²) in [5.41, 5.74) is 2.14. The third-order valence-corrected chi connectivity index (χ3v) is 3.42. The Morgan fingerprint density at radius 1 is 1.37 bits per heavy atom. The van der Waals surface area contributed by atoms with Gasteiger partial charge >= 0.3 is 0 Å². The summed E-state index contributed by atoms with van der Waals surface area (Å²) in [5, 5.41) is 10.7. The molecule has 0 aromatic carbocycles. The molecule has 4 heteroatoms. The molecule has 2 rings (SSSR count). The average Bonchev–Trinajstić information content (AvgIpc) is 3.02. The summed E-state index contributed by atoms with van der Waals surface area (Å²) in [5.74, 6) is 1.77. The van der Waals surface area contributed by atoms with Gasteiger partial charge in [-0.25, -0.2) is 0 Å². The molecule has 1 unspecified atom stereocenters. The summed E-state index contributed by atoms with van der Waals surface area (Å²) in [7, 11) is 0. The van der Waals surface area contributed by atoms with Gasteiger partial charge in [0.05, 0.1) is 6.20 Å². The predicted molar refractivity (Wildman–Crippen MR) is 76.9 cm³/mol. The van der Waals surface area contributed by atoms with Crippen molar-refractivity contribution in [3.8, 4) is 11.5 Å². The van der Waals surface area contributed by atoms with Crippen LogP contribution in [-0.4, -0.2) is 16.2 Å². The van der Waals surface area contributed by atoms with Gasteiger partial charge in [0.2, 0.25) is 0 Å². The summed E-state index contributed by atoms with van der Waals surface area (Å²) in [6.07, 6.45) is 5.45. The van der Waals surface area contributed by atoms with Crippen LogP contribution in [0, 0.1) is 6.92 Å². The minimum Gasteiger partial charge on any atom is -0.460 e. The molecule has 4 nitrogen and oxygen atoms in total. The van der Waals surface area contributed by atoms with Crippen molar-refractivity contribution in [2.24, 2.45) is 0 Å². The van der Waals surface area contributed by atoms with E-state index in [-0.39, 0.29) is 0 Å². The number of hydrogen-bond acceptors (Lipinski definition) is 3. The van der Waals surface area contributed by atoms with Crippen LogP contribution in [0.2, 0.25) is 0 Å². The fourth-order valence-electron chi connectivity index (χ4n) is 2.28. The highest BCUT2D eigenvalue weighted by Crippen LogP contribution is 2.23. The van der Waals surface area contributed by atoms with Gasteiger partial charge in [0.25, 0.3) is 0 Å². The number of hydrogen-bond donors (Lipinski definition) is 2. The van der Waals surface area contributed by atoms with E-state index in [1.54, 1.807) is 0 Å². The minimum atomic E-state index is 0.575. The lowest BCUT2D eigenvalue weighted by Crippen LogP contribution is -2.27. The molecule has 0 aliphatic heterocycles. The fourth-order valence-corrected chi connectivity index (χ4v) is 2.28. The average molecular weight is 261 g/mol. The second-order valence-corrected chi connectivity index (χ2v) is 4.96. The molecule has 0 saturated carbocycles. The van der Waals surface area contributed by atoms with E-state index in [4.69, 9.17) is 4.42 Å². The third-order valence-electron chi connectivity index (χ3n) is 3.42. The predicted octanol–water partition coefficient (Wildman–Crippen LogP) is 3.65. The summed E-state index contributed by atoms with van der Waals surface area (Å²) >= 11 is 0. The normalized spacial score (nSPS) is 12.8. The number of H-pyrrole nitrogens is 1. The number of rotatable bonds is 7. The van der Waals surface area contributed by atoms with Crippen LogP contribution in [0.25, 0.3) is 11.5 Å². The molecule has 2 aromatic heterocycles. The van der Waals surface area contributed by atoms with Crippen molar-refractivity contribution in [2.45, 2.75) is 52.6 Å². The number of aromatic amines is 1. The van der Waals surface area contributed by atoms with Gasteiger partial charge in [-0.15, -0.1) is 0 Å². The van der Waals surface area contributed by atoms with Gasteiger partial charge in [-0.1, -0.05) is 20.3 Å². The van der Waals surface area contributed by atoms with Crippen molar-refractivity contribution in [3.05, 3.63) is 29.7 Å². The molecule has 0 saturated heterocycles. The van der Waals surface area contributed by atoms with Crippen molar-refractivity contribution < 1.29 is 4.42 Å². The zero-order valence-electron chi connectivity index (χ0n) is 12.0. The molecule has 0 bridgehead atoms. The van der Waals surface area contributed by atoms with E-state index in [0.29, 0.717) is 6.04 Å². The topological polar surface area (TPSA) is 53.9 Å². The second-order valence-electron chi connectivity index (χ2n) is 4.96. The molecule has 104 valence electrons. The van der Waals surface area contributed by atoms with Gasteiger partial charge in [0.15, 0.2) is 5.76 Å². The van der Waals surface area contributed by atoms with Gasteiger partial charge in [-0.3, -0.25) is 5.10 Å². The van der Waals surface area contributed by atoms with Crippen molar-refractivity contribution in [1.82, 2.24) is 15.5 Å². The van der Waals surface area contributed by atoms with Crippen molar-refractivity contribution in [3.63, 3.8) is 0 Å². The molecule has 0 aliphatic carbocycles. The Balaban J connectivity index is 2.04. The maximum Gasteiger partial charge on any atom is 0.152 e. The van der Waals surface area contributed by atoms with E-state index in [2.05, 4.69) is 29.4 Å². The second kappa shape index (κ2) is 6.57. The van der Waals surface area contributed by atoms with E-state index < -0.39 is 0 Å². The van der Waals surface area contributed by atoms with E-state index in [9.17, 15) is 0 Å². The standard InChI is InChI=1S/C15H23N3O/c1-4-6-13(5-2)16-9-12-10-17-18-15(12)14-8-7-11(3)19-14/h7-8,10,13,16H,4-6,9H2,1-3H3,(H,17,18). The van der Waals surface area contributed by atoms with Gasteiger partial charge in [0.1, 0.15) is 11.5 Å². The first-order valence-electron chi connectivity index (χ1n) is 7.07. The Kier molecular flexibility index (Phi) is 4.80. The Hall–Kier alpha value is -1.55. The largest absolute Gasteiger partial charge is 0.460 e. The van der Waals surface area contributed by atoms with E-state index >= 15 is 0 Å². The number of aryl methyl sites for hydroxylation is 1. The van der Waals surface area contributed by atoms with Crippen LogP contribution < -0.4 is 5.32 Å². The first kappa shape index (κ1) is 13.9. The molecule has 0 amide bonds. The molecule has 1 atom stereocenters. The Bertz CT molecular complexity index is 501. The molecule has 2 N–H and O–H groups in total. The lowest BCUT2D eigenvalue weighted by atomic mass is 10.1. The molecule has 0 radical (unpaired) electrons. The SMILES string of the molecule is CCCC(CC)NCc1cn[nH]c1-c1ccc(C)o1. The van der Waals surface area contributed by atoms with Crippen LogP contribution in [0.3, 0.4) is 0 Å². The zero-order valence-corrected chi connectivity index (χ0v) is 12.0. The minimum absolute atomic E-state index is 0.575. The first-order valence-corrected chi connectivity index (χ1v) is 7.07. The molecular formula is C15H23N3O. The lowest BCUT2D eigenvalue weighted by molar-refractivity contribution is 0.462. The summed E-state index contributed by atoms with van der Waals surface area (Å²) in [4.78, 5) is 0. The summed E-state index contributed by atoms with van der Waals surface area (Å²) in [6.45, 7) is 7.22. The van der Waals surface area contributed by atoms with Crippen LogP contribution in [0.15, 0.2) is 22.7 Å². The first-order chi connectivity index (χ1) is 9.24. The van der Waals surface area contributed by atoms with Crippen molar-refractivity contribution in [1.29, 1.82) is 0 Å². The summed E-state index contributed by atoms with van der Waals surface area (Å²) in [6, 6.07) is 4.53. The summed E-state index contributed by atoms with van der Waals surface area (Å²) < 4.78 is 5.65. The van der Waals surface area contributed by atoms with Gasteiger partial charge in [-0.2, -0.15) is 5.10 Å². The Labute approximate surface area is 114 Å². The van der Waals surface area contributed by atoms with Gasteiger partial charge in [-0.05, 0) is 31.9 Å². The highest BCUT2D eigenvalue weighted by atomic mass is 16.3. The molecule has 0 fully saturated rings. The van der Waals surface area contributed by atoms with Crippen LogP contribution >= 0.6 is 0 Å². The number of nitrogens with zero attached hydrogens (tertiary/aromatic N) is 1. The van der Waals surface area contributed by atoms with E-state index in [0.717, 1.165) is 35.7 Å². The molecular weight excluding hydrogens is 238 g/mol. The highest BCUT2D eigenvalue weighted by Gasteiger charge is 2.12. The quantitative estimate of drug-likeness (QED) is 0.800. The maximum atomic E-state index is 5.65. The van der Waals surface area contributed by atoms with Crippen LogP contribution in [0.1, 0.15) is 44.4 Å².